The summed E-state index contributed by atoms with van der Waals surface area (Å²) >= 11 is 0. The lowest BCUT2D eigenvalue weighted by molar-refractivity contribution is 0.0512. The van der Waals surface area contributed by atoms with Crippen LogP contribution >= 0.6 is 0 Å². The highest BCUT2D eigenvalue weighted by Gasteiger charge is 2.46. The molecule has 6 rings (SSSR count). The van der Waals surface area contributed by atoms with Gasteiger partial charge in [0.1, 0.15) is 29.4 Å². The molecule has 4 aromatic rings. The van der Waals surface area contributed by atoms with Gasteiger partial charge in [-0.1, -0.05) is 24.1 Å². The van der Waals surface area contributed by atoms with Gasteiger partial charge in [-0.15, -0.1) is 6.42 Å². The molecule has 2 saturated heterocycles. The van der Waals surface area contributed by atoms with Crippen molar-refractivity contribution in [1.29, 1.82) is 0 Å². The maximum Gasteiger partial charge on any atom is 0.320 e. The Hall–Kier alpha value is -4.33. The molecule has 2 aromatic carbocycles. The van der Waals surface area contributed by atoms with Crippen LogP contribution < -0.4 is 9.47 Å². The predicted octanol–water partition coefficient (Wildman–Crippen LogP) is 4.97. The van der Waals surface area contributed by atoms with Crippen LogP contribution in [0.15, 0.2) is 42.6 Å². The summed E-state index contributed by atoms with van der Waals surface area (Å²) in [6, 6.07) is 5.78. The lowest BCUT2D eigenvalue weighted by Crippen LogP contribution is -2.43. The number of rotatable bonds is 7. The molecule has 2 aliphatic rings. The molecular formula is C30H26F2N4O4. The van der Waals surface area contributed by atoms with Gasteiger partial charge in [-0.3, -0.25) is 9.88 Å². The first-order valence-corrected chi connectivity index (χ1v) is 12.8. The summed E-state index contributed by atoms with van der Waals surface area (Å²) in [5.41, 5.74) is 0.739. The third-order valence-electron chi connectivity index (χ3n) is 7.63. The number of ether oxygens (including phenoxy) is 3. The smallest absolute Gasteiger partial charge is 0.320 e. The number of fused-ring (bicyclic) bond motifs is 3. The molecule has 2 aromatic heterocycles. The van der Waals surface area contributed by atoms with Crippen molar-refractivity contribution in [2.45, 2.75) is 24.8 Å². The van der Waals surface area contributed by atoms with Crippen molar-refractivity contribution in [3.63, 3.8) is 0 Å². The molecule has 1 unspecified atom stereocenters. The van der Waals surface area contributed by atoms with Crippen LogP contribution in [0.2, 0.25) is 0 Å². The standard InChI is InChI=1S/C30H26F2N4O4/c1-4-20-23(31)7-6-18-10-19(40-16-38-3)11-21(24(18)20)26-25(32)27-22(13-33-26)28(37)35-29(34-27)39-15-30-8-5-9-36(30)14-17(2)12-30/h1,6-7,10-11,13H,2,5,8-9,12,14-16H2,3H3,(H,34,35,37). The fourth-order valence-electron chi connectivity index (χ4n) is 5.87. The summed E-state index contributed by atoms with van der Waals surface area (Å²) in [4.78, 5) is 14.9. The quantitative estimate of drug-likeness (QED) is 0.198. The van der Waals surface area contributed by atoms with Crippen LogP contribution in [0.25, 0.3) is 32.9 Å². The molecule has 4 heterocycles. The van der Waals surface area contributed by atoms with Gasteiger partial charge < -0.3 is 19.3 Å². The molecule has 0 amide bonds. The van der Waals surface area contributed by atoms with Crippen LogP contribution in [0.3, 0.4) is 0 Å². The van der Waals surface area contributed by atoms with Crippen LogP contribution in [0, 0.1) is 24.0 Å². The molecular weight excluding hydrogens is 518 g/mol. The minimum Gasteiger partial charge on any atom is -0.493 e. The maximum atomic E-state index is 16.2. The first-order valence-electron chi connectivity index (χ1n) is 12.8. The van der Waals surface area contributed by atoms with Crippen LogP contribution in [-0.4, -0.2) is 64.1 Å². The molecule has 1 atom stereocenters. The predicted molar refractivity (Wildman–Crippen MR) is 145 cm³/mol. The molecule has 204 valence electrons. The molecule has 0 radical (unpaired) electrons. The van der Waals surface area contributed by atoms with Gasteiger partial charge in [-0.2, -0.15) is 9.97 Å². The average molecular weight is 545 g/mol. The number of hydrogen-bond donors (Lipinski definition) is 1. The monoisotopic (exact) mass is 544 g/mol. The van der Waals surface area contributed by atoms with Gasteiger partial charge in [-0.05, 0) is 49.4 Å². The van der Waals surface area contributed by atoms with Gasteiger partial charge in [0.25, 0.3) is 0 Å². The Kier molecular flexibility index (Phi) is 6.49. The van der Waals surface area contributed by atoms with Crippen molar-refractivity contribution in [2.75, 3.05) is 33.6 Å². The van der Waals surface area contributed by atoms with Crippen molar-refractivity contribution in [2.24, 2.45) is 0 Å². The molecule has 2 aliphatic heterocycles. The minimum absolute atomic E-state index is 0.00273. The van der Waals surface area contributed by atoms with E-state index in [2.05, 4.69) is 32.4 Å². The zero-order valence-corrected chi connectivity index (χ0v) is 21.8. The maximum absolute atomic E-state index is 16.2. The average Bonchev–Trinajstić information content (AvgIpc) is 3.46. The van der Waals surface area contributed by atoms with Crippen molar-refractivity contribution >= 4 is 21.7 Å². The Labute approximate surface area is 229 Å². The third-order valence-corrected chi connectivity index (χ3v) is 7.63. The van der Waals surface area contributed by atoms with Gasteiger partial charge in [0.2, 0.25) is 5.88 Å². The zero-order valence-electron chi connectivity index (χ0n) is 21.8. The molecule has 0 saturated carbocycles. The van der Waals surface area contributed by atoms with E-state index in [1.54, 1.807) is 6.07 Å². The van der Waals surface area contributed by atoms with Crippen LogP contribution in [0.5, 0.6) is 17.6 Å². The molecule has 0 aliphatic carbocycles. The number of nitrogens with zero attached hydrogens (tertiary/aromatic N) is 4. The van der Waals surface area contributed by atoms with Gasteiger partial charge in [0.05, 0.1) is 16.5 Å². The molecule has 40 heavy (non-hydrogen) atoms. The number of benzene rings is 2. The Bertz CT molecular complexity index is 1720. The van der Waals surface area contributed by atoms with E-state index >= 15 is 4.39 Å². The summed E-state index contributed by atoms with van der Waals surface area (Å²) in [5.74, 6) is 0.754. The largest absolute Gasteiger partial charge is 0.493 e. The minimum atomic E-state index is -0.854. The zero-order chi connectivity index (χ0) is 28.0. The van der Waals surface area contributed by atoms with E-state index in [1.807, 2.05) is 0 Å². The fourth-order valence-corrected chi connectivity index (χ4v) is 5.87. The second-order valence-corrected chi connectivity index (χ2v) is 10.2. The number of aromatic nitrogens is 3. The van der Waals surface area contributed by atoms with Crippen molar-refractivity contribution in [3.8, 4) is 41.2 Å². The molecule has 2 fully saturated rings. The topological polar surface area (TPSA) is 89.8 Å². The second-order valence-electron chi connectivity index (χ2n) is 10.2. The summed E-state index contributed by atoms with van der Waals surface area (Å²) in [6.07, 6.45) is 9.70. The Balaban J connectivity index is 1.46. The normalized spacial score (nSPS) is 18.8. The van der Waals surface area contributed by atoms with Crippen LogP contribution in [0.1, 0.15) is 24.8 Å². The molecule has 8 nitrogen and oxygen atoms in total. The highest BCUT2D eigenvalue weighted by Crippen LogP contribution is 2.42. The lowest BCUT2D eigenvalue weighted by atomic mass is 9.94. The third kappa shape index (κ3) is 4.28. The van der Waals surface area contributed by atoms with Crippen LogP contribution in [-0.2, 0) is 4.74 Å². The van der Waals surface area contributed by atoms with E-state index < -0.39 is 17.5 Å². The number of aromatic hydroxyl groups is 1. The van der Waals surface area contributed by atoms with Crippen LogP contribution in [0.4, 0.5) is 8.78 Å². The Morgan fingerprint density at radius 2 is 2.08 bits per heavy atom. The second kappa shape index (κ2) is 10.0. The lowest BCUT2D eigenvalue weighted by Gasteiger charge is -2.30. The number of halogens is 2. The highest BCUT2D eigenvalue weighted by atomic mass is 19.1. The molecule has 10 heteroatoms. The molecule has 1 N–H and O–H groups in total. The van der Waals surface area contributed by atoms with Crippen molar-refractivity contribution < 1.29 is 28.1 Å². The van der Waals surface area contributed by atoms with Crippen molar-refractivity contribution in [1.82, 2.24) is 19.9 Å². The molecule has 0 bridgehead atoms. The number of terminal acetylenes is 1. The number of methoxy groups -OCH3 is 1. The van der Waals surface area contributed by atoms with E-state index in [9.17, 15) is 9.50 Å². The van der Waals surface area contributed by atoms with Gasteiger partial charge in [0.15, 0.2) is 12.6 Å². The number of pyridine rings is 1. The Morgan fingerprint density at radius 1 is 1.23 bits per heavy atom. The summed E-state index contributed by atoms with van der Waals surface area (Å²) in [6.45, 7) is 6.12. The Morgan fingerprint density at radius 3 is 2.88 bits per heavy atom. The van der Waals surface area contributed by atoms with E-state index in [4.69, 9.17) is 20.6 Å². The number of hydrogen-bond acceptors (Lipinski definition) is 8. The van der Waals surface area contributed by atoms with E-state index in [0.29, 0.717) is 11.1 Å². The highest BCUT2D eigenvalue weighted by molar-refractivity contribution is 6.02. The van der Waals surface area contributed by atoms with E-state index in [1.165, 1.54) is 31.5 Å². The fraction of sp³-hybridized carbons (Fsp3) is 0.300. The summed E-state index contributed by atoms with van der Waals surface area (Å²) < 4.78 is 47.5. The van der Waals surface area contributed by atoms with Gasteiger partial charge in [0, 0.05) is 30.8 Å². The van der Waals surface area contributed by atoms with E-state index in [0.717, 1.165) is 37.9 Å². The van der Waals surface area contributed by atoms with Gasteiger partial charge >= 0.3 is 6.01 Å². The first-order chi connectivity index (χ1) is 19.3. The van der Waals surface area contributed by atoms with Gasteiger partial charge in [-0.25, -0.2) is 8.78 Å². The van der Waals surface area contributed by atoms with Crippen molar-refractivity contribution in [3.05, 3.63) is 59.8 Å². The summed E-state index contributed by atoms with van der Waals surface area (Å²) in [7, 11) is 1.47. The SMILES string of the molecule is C#Cc1c(F)ccc2cc(OCOC)cc(-c3ncc4c(O)nc(OCC56CCCN5CC(=C)C6)nc4c3F)c12. The summed E-state index contributed by atoms with van der Waals surface area (Å²) in [5, 5.41) is 11.4. The van der Waals surface area contributed by atoms with E-state index in [-0.39, 0.29) is 58.1 Å². The molecule has 0 spiro atoms. The first kappa shape index (κ1) is 25.9.